The first-order valence-corrected chi connectivity index (χ1v) is 7.66. The minimum atomic E-state index is -0.118. The lowest BCUT2D eigenvalue weighted by molar-refractivity contribution is 0.315. The molecule has 0 saturated heterocycles. The van der Waals surface area contributed by atoms with Crippen LogP contribution in [-0.4, -0.2) is 6.61 Å². The van der Waals surface area contributed by atoms with Gasteiger partial charge >= 0.3 is 0 Å². The molecule has 2 aromatic carbocycles. The van der Waals surface area contributed by atoms with E-state index in [-0.39, 0.29) is 6.04 Å². The second-order valence-corrected chi connectivity index (χ2v) is 5.73. The summed E-state index contributed by atoms with van der Waals surface area (Å²) in [5, 5.41) is 0. The summed E-state index contributed by atoms with van der Waals surface area (Å²) in [5.41, 5.74) is 9.82. The summed E-state index contributed by atoms with van der Waals surface area (Å²) in [5.74, 6) is 0.868. The molecule has 0 spiro atoms. The predicted octanol–water partition coefficient (Wildman–Crippen LogP) is 4.59. The molecule has 0 saturated carbocycles. The van der Waals surface area contributed by atoms with Crippen molar-refractivity contribution in [3.63, 3.8) is 0 Å². The highest BCUT2D eigenvalue weighted by Gasteiger charge is 2.12. The smallest absolute Gasteiger partial charge is 0.133 e. The summed E-state index contributed by atoms with van der Waals surface area (Å²) in [6.45, 7) is 4.90. The highest BCUT2D eigenvalue weighted by Crippen LogP contribution is 2.30. The third-order valence-electron chi connectivity index (χ3n) is 3.30. The molecule has 2 nitrogen and oxygen atoms in total. The maximum atomic E-state index is 6.37. The van der Waals surface area contributed by atoms with Crippen molar-refractivity contribution >= 4 is 15.9 Å². The third kappa shape index (κ3) is 3.41. The van der Waals surface area contributed by atoms with Crippen LogP contribution in [-0.2, 0) is 0 Å². The van der Waals surface area contributed by atoms with Crippen molar-refractivity contribution < 1.29 is 4.74 Å². The lowest BCUT2D eigenvalue weighted by Crippen LogP contribution is -2.13. The van der Waals surface area contributed by atoms with Crippen molar-refractivity contribution in [2.45, 2.75) is 26.3 Å². The zero-order valence-electron chi connectivity index (χ0n) is 11.9. The van der Waals surface area contributed by atoms with Gasteiger partial charge in [0.15, 0.2) is 0 Å². The van der Waals surface area contributed by atoms with Gasteiger partial charge in [-0.1, -0.05) is 37.3 Å². The second kappa shape index (κ2) is 6.91. The first kappa shape index (κ1) is 15.1. The first-order valence-electron chi connectivity index (χ1n) is 6.86. The summed E-state index contributed by atoms with van der Waals surface area (Å²) in [6, 6.07) is 14.2. The summed E-state index contributed by atoms with van der Waals surface area (Å²) in [7, 11) is 0. The van der Waals surface area contributed by atoms with Crippen LogP contribution < -0.4 is 10.5 Å². The van der Waals surface area contributed by atoms with E-state index in [1.54, 1.807) is 0 Å². The van der Waals surface area contributed by atoms with Gasteiger partial charge in [-0.2, -0.15) is 0 Å². The largest absolute Gasteiger partial charge is 0.492 e. The number of halogens is 1. The van der Waals surface area contributed by atoms with Crippen LogP contribution in [0.4, 0.5) is 0 Å². The number of nitrogens with two attached hydrogens (primary N) is 1. The fourth-order valence-corrected chi connectivity index (χ4v) is 2.67. The van der Waals surface area contributed by atoms with Gasteiger partial charge in [0.05, 0.1) is 17.1 Å². The van der Waals surface area contributed by atoms with E-state index in [9.17, 15) is 0 Å². The SMILES string of the molecule is CCCOc1ccc(C(N)c2ccccc2C)cc1Br. The van der Waals surface area contributed by atoms with E-state index >= 15 is 0 Å². The molecular weight excluding hydrogens is 314 g/mol. The molecule has 0 aliphatic heterocycles. The van der Waals surface area contributed by atoms with E-state index in [0.717, 1.165) is 34.4 Å². The Hall–Kier alpha value is -1.32. The average molecular weight is 334 g/mol. The number of aryl methyl sites for hydroxylation is 1. The van der Waals surface area contributed by atoms with Gasteiger partial charge in [0.1, 0.15) is 5.75 Å². The Morgan fingerprint density at radius 3 is 2.60 bits per heavy atom. The van der Waals surface area contributed by atoms with Crippen molar-refractivity contribution in [2.75, 3.05) is 6.61 Å². The van der Waals surface area contributed by atoms with Crippen LogP contribution in [0.2, 0.25) is 0 Å². The lowest BCUT2D eigenvalue weighted by atomic mass is 9.96. The molecule has 20 heavy (non-hydrogen) atoms. The van der Waals surface area contributed by atoms with Crippen LogP contribution in [0.15, 0.2) is 46.9 Å². The molecule has 0 amide bonds. The first-order chi connectivity index (χ1) is 9.63. The van der Waals surface area contributed by atoms with Crippen LogP contribution in [0.25, 0.3) is 0 Å². The Morgan fingerprint density at radius 1 is 1.20 bits per heavy atom. The Labute approximate surface area is 129 Å². The summed E-state index contributed by atoms with van der Waals surface area (Å²) in [4.78, 5) is 0. The highest BCUT2D eigenvalue weighted by molar-refractivity contribution is 9.10. The average Bonchev–Trinajstić information content (AvgIpc) is 2.46. The minimum Gasteiger partial charge on any atom is -0.492 e. The highest BCUT2D eigenvalue weighted by atomic mass is 79.9. The van der Waals surface area contributed by atoms with E-state index in [4.69, 9.17) is 10.5 Å². The number of benzene rings is 2. The van der Waals surface area contributed by atoms with Gasteiger partial charge < -0.3 is 10.5 Å². The monoisotopic (exact) mass is 333 g/mol. The Morgan fingerprint density at radius 2 is 1.95 bits per heavy atom. The molecule has 0 aliphatic rings. The van der Waals surface area contributed by atoms with Crippen LogP contribution in [0.5, 0.6) is 5.75 Å². The number of hydrogen-bond donors (Lipinski definition) is 1. The number of ether oxygens (including phenoxy) is 1. The lowest BCUT2D eigenvalue weighted by Gasteiger charge is -2.16. The zero-order valence-corrected chi connectivity index (χ0v) is 13.5. The van der Waals surface area contributed by atoms with E-state index in [1.165, 1.54) is 5.56 Å². The van der Waals surface area contributed by atoms with Crippen LogP contribution >= 0.6 is 15.9 Å². The summed E-state index contributed by atoms with van der Waals surface area (Å²) >= 11 is 3.56. The quantitative estimate of drug-likeness (QED) is 0.868. The molecule has 0 radical (unpaired) electrons. The van der Waals surface area contributed by atoms with Crippen molar-refractivity contribution in [2.24, 2.45) is 5.73 Å². The Balaban J connectivity index is 2.25. The predicted molar refractivity (Wildman–Crippen MR) is 87.1 cm³/mol. The molecule has 1 atom stereocenters. The number of rotatable bonds is 5. The molecule has 0 bridgehead atoms. The standard InChI is InChI=1S/C17H20BrNO/c1-3-10-20-16-9-8-13(11-15(16)18)17(19)14-7-5-4-6-12(14)2/h4-9,11,17H,3,10,19H2,1-2H3. The molecule has 106 valence electrons. The maximum absolute atomic E-state index is 6.37. The van der Waals surface area contributed by atoms with Gasteiger partial charge in [-0.05, 0) is 58.1 Å². The molecule has 0 aliphatic carbocycles. The third-order valence-corrected chi connectivity index (χ3v) is 3.92. The van der Waals surface area contributed by atoms with Gasteiger partial charge in [-0.3, -0.25) is 0 Å². The van der Waals surface area contributed by atoms with E-state index in [0.29, 0.717) is 0 Å². The van der Waals surface area contributed by atoms with Crippen molar-refractivity contribution in [3.8, 4) is 5.75 Å². The van der Waals surface area contributed by atoms with E-state index < -0.39 is 0 Å². The molecule has 2 aromatic rings. The molecule has 1 unspecified atom stereocenters. The minimum absolute atomic E-state index is 0.118. The fraction of sp³-hybridized carbons (Fsp3) is 0.294. The molecular formula is C17H20BrNO. The van der Waals surface area contributed by atoms with Crippen molar-refractivity contribution in [3.05, 3.63) is 63.6 Å². The summed E-state index contributed by atoms with van der Waals surface area (Å²) in [6.07, 6.45) is 0.997. The van der Waals surface area contributed by atoms with Crippen LogP contribution in [0, 0.1) is 6.92 Å². The van der Waals surface area contributed by atoms with Gasteiger partial charge in [-0.25, -0.2) is 0 Å². The van der Waals surface area contributed by atoms with Gasteiger partial charge in [-0.15, -0.1) is 0 Å². The maximum Gasteiger partial charge on any atom is 0.133 e. The molecule has 2 N–H and O–H groups in total. The molecule has 0 fully saturated rings. The zero-order chi connectivity index (χ0) is 14.5. The van der Waals surface area contributed by atoms with Gasteiger partial charge in [0, 0.05) is 0 Å². The Kier molecular flexibility index (Phi) is 5.21. The van der Waals surface area contributed by atoms with E-state index in [2.05, 4.69) is 41.9 Å². The van der Waals surface area contributed by atoms with Crippen LogP contribution in [0.3, 0.4) is 0 Å². The van der Waals surface area contributed by atoms with E-state index in [1.807, 2.05) is 30.3 Å². The molecule has 2 rings (SSSR count). The Bertz CT molecular complexity index is 583. The molecule has 0 heterocycles. The van der Waals surface area contributed by atoms with Gasteiger partial charge in [0.2, 0.25) is 0 Å². The molecule has 3 heteroatoms. The van der Waals surface area contributed by atoms with Gasteiger partial charge in [0.25, 0.3) is 0 Å². The summed E-state index contributed by atoms with van der Waals surface area (Å²) < 4.78 is 6.61. The van der Waals surface area contributed by atoms with Crippen LogP contribution in [0.1, 0.15) is 36.1 Å². The molecule has 0 aromatic heterocycles. The number of hydrogen-bond acceptors (Lipinski definition) is 2. The normalized spacial score (nSPS) is 12.2. The second-order valence-electron chi connectivity index (χ2n) is 4.87. The fourth-order valence-electron chi connectivity index (χ4n) is 2.15. The topological polar surface area (TPSA) is 35.2 Å². The van der Waals surface area contributed by atoms with Crippen molar-refractivity contribution in [1.29, 1.82) is 0 Å². The van der Waals surface area contributed by atoms with Crippen molar-refractivity contribution in [1.82, 2.24) is 0 Å².